The number of fused-ring (bicyclic) bond motifs is 1. The quantitative estimate of drug-likeness (QED) is 0.875. The molecule has 3 nitrogen and oxygen atoms in total. The van der Waals surface area contributed by atoms with E-state index in [0.717, 1.165) is 13.1 Å². The number of nitrogens with one attached hydrogen (secondary N) is 2. The van der Waals surface area contributed by atoms with Gasteiger partial charge in [0.25, 0.3) is 0 Å². The Morgan fingerprint density at radius 3 is 3.06 bits per heavy atom. The van der Waals surface area contributed by atoms with Gasteiger partial charge in [-0.2, -0.15) is 0 Å². The number of benzene rings is 1. The Hall–Kier alpha value is -1.32. The zero-order valence-electron chi connectivity index (χ0n) is 10.2. The minimum atomic E-state index is 0. The molecule has 0 spiro atoms. The second-order valence-electron chi connectivity index (χ2n) is 4.59. The average molecular weight is 264 g/mol. The molecule has 96 valence electrons. The van der Waals surface area contributed by atoms with Crippen LogP contribution in [0, 0.1) is 0 Å². The summed E-state index contributed by atoms with van der Waals surface area (Å²) < 4.78 is 0. The molecule has 3 rings (SSSR count). The Labute approximate surface area is 113 Å². The van der Waals surface area contributed by atoms with Gasteiger partial charge in [0.05, 0.1) is 0 Å². The van der Waals surface area contributed by atoms with Gasteiger partial charge in [-0.1, -0.05) is 12.1 Å². The fraction of sp³-hybridized carbons (Fsp3) is 0.357. The van der Waals surface area contributed by atoms with Crippen LogP contribution in [-0.2, 0) is 0 Å². The summed E-state index contributed by atoms with van der Waals surface area (Å²) in [5.41, 5.74) is 1.22. The number of pyridine rings is 1. The predicted octanol–water partition coefficient (Wildman–Crippen LogP) is 2.82. The summed E-state index contributed by atoms with van der Waals surface area (Å²) in [4.78, 5) is 4.16. The highest BCUT2D eigenvalue weighted by Gasteiger charge is 2.13. The van der Waals surface area contributed by atoms with Crippen LogP contribution < -0.4 is 10.6 Å². The van der Waals surface area contributed by atoms with E-state index < -0.39 is 0 Å². The van der Waals surface area contributed by atoms with Crippen LogP contribution in [0.1, 0.15) is 12.8 Å². The number of nitrogens with zero attached hydrogens (tertiary/aromatic N) is 1. The fourth-order valence-corrected chi connectivity index (χ4v) is 2.44. The molecule has 1 aliphatic rings. The van der Waals surface area contributed by atoms with Crippen LogP contribution >= 0.6 is 12.4 Å². The molecule has 1 atom stereocenters. The summed E-state index contributed by atoms with van der Waals surface area (Å²) in [6.07, 6.45) is 6.27. The molecule has 2 aromatic rings. The zero-order valence-corrected chi connectivity index (χ0v) is 11.0. The molecule has 1 aromatic heterocycles. The standard InChI is InChI=1S/C14H17N3.ClH/c1-3-11-9-16-8-6-13(11)14(5-1)17-12-4-2-7-15-10-12;/h1,3,5-6,8-9,12,15,17H,2,4,7,10H2;1H. The third-order valence-electron chi connectivity index (χ3n) is 3.34. The number of piperidine rings is 1. The lowest BCUT2D eigenvalue weighted by Gasteiger charge is -2.25. The Bertz CT molecular complexity index is 504. The first-order valence-electron chi connectivity index (χ1n) is 6.23. The van der Waals surface area contributed by atoms with Crippen LogP contribution in [0.25, 0.3) is 10.8 Å². The first-order valence-corrected chi connectivity index (χ1v) is 6.23. The van der Waals surface area contributed by atoms with Gasteiger partial charge in [-0.05, 0) is 31.5 Å². The lowest BCUT2D eigenvalue weighted by Crippen LogP contribution is -2.38. The second-order valence-corrected chi connectivity index (χ2v) is 4.59. The highest BCUT2D eigenvalue weighted by molar-refractivity contribution is 5.93. The van der Waals surface area contributed by atoms with Crippen molar-refractivity contribution in [2.75, 3.05) is 18.4 Å². The molecule has 1 fully saturated rings. The highest BCUT2D eigenvalue weighted by Crippen LogP contribution is 2.23. The van der Waals surface area contributed by atoms with E-state index in [1.807, 2.05) is 12.4 Å². The Kier molecular flexibility index (Phi) is 4.39. The Morgan fingerprint density at radius 2 is 2.22 bits per heavy atom. The minimum absolute atomic E-state index is 0. The van der Waals surface area contributed by atoms with E-state index in [-0.39, 0.29) is 12.4 Å². The molecule has 0 radical (unpaired) electrons. The van der Waals surface area contributed by atoms with Crippen molar-refractivity contribution in [2.45, 2.75) is 18.9 Å². The number of hydrogen-bond acceptors (Lipinski definition) is 3. The van der Waals surface area contributed by atoms with Gasteiger partial charge in [-0.3, -0.25) is 4.98 Å². The van der Waals surface area contributed by atoms with Gasteiger partial charge in [0.1, 0.15) is 0 Å². The van der Waals surface area contributed by atoms with Crippen LogP contribution in [0.15, 0.2) is 36.7 Å². The minimum Gasteiger partial charge on any atom is -0.381 e. The summed E-state index contributed by atoms with van der Waals surface area (Å²) in [7, 11) is 0. The summed E-state index contributed by atoms with van der Waals surface area (Å²) in [6.45, 7) is 2.21. The molecule has 18 heavy (non-hydrogen) atoms. The van der Waals surface area contributed by atoms with Gasteiger partial charge in [0, 0.05) is 41.4 Å². The molecule has 0 saturated carbocycles. The highest BCUT2D eigenvalue weighted by atomic mass is 35.5. The molecular formula is C14H18ClN3. The Morgan fingerprint density at radius 1 is 1.28 bits per heavy atom. The maximum Gasteiger partial charge on any atom is 0.0423 e. The van der Waals surface area contributed by atoms with Crippen LogP contribution in [0.2, 0.25) is 0 Å². The summed E-state index contributed by atoms with van der Waals surface area (Å²) >= 11 is 0. The van der Waals surface area contributed by atoms with Crippen molar-refractivity contribution < 1.29 is 0 Å². The number of halogens is 1. The maximum atomic E-state index is 4.16. The van der Waals surface area contributed by atoms with Crippen LogP contribution in [0.3, 0.4) is 0 Å². The van der Waals surface area contributed by atoms with Crippen molar-refractivity contribution >= 4 is 28.9 Å². The van der Waals surface area contributed by atoms with Crippen molar-refractivity contribution in [3.05, 3.63) is 36.7 Å². The van der Waals surface area contributed by atoms with Crippen molar-refractivity contribution in [2.24, 2.45) is 0 Å². The molecule has 0 aliphatic carbocycles. The molecule has 0 bridgehead atoms. The van der Waals surface area contributed by atoms with Crippen molar-refractivity contribution in [3.63, 3.8) is 0 Å². The topological polar surface area (TPSA) is 37.0 Å². The van der Waals surface area contributed by atoms with Crippen LogP contribution in [-0.4, -0.2) is 24.1 Å². The SMILES string of the molecule is Cl.c1cc(NC2CCCNC2)c2ccncc2c1. The molecular weight excluding hydrogens is 246 g/mol. The van der Waals surface area contributed by atoms with Crippen molar-refractivity contribution in [1.82, 2.24) is 10.3 Å². The zero-order chi connectivity index (χ0) is 11.5. The van der Waals surface area contributed by atoms with Gasteiger partial charge in [0.2, 0.25) is 0 Å². The molecule has 0 amide bonds. The monoisotopic (exact) mass is 263 g/mol. The molecule has 2 heterocycles. The molecule has 1 aliphatic heterocycles. The average Bonchev–Trinajstić information content (AvgIpc) is 2.40. The second kappa shape index (κ2) is 6.03. The summed E-state index contributed by atoms with van der Waals surface area (Å²) in [5.74, 6) is 0. The smallest absolute Gasteiger partial charge is 0.0423 e. The number of aromatic nitrogens is 1. The molecule has 1 aromatic carbocycles. The van der Waals surface area contributed by atoms with Gasteiger partial charge >= 0.3 is 0 Å². The van der Waals surface area contributed by atoms with Crippen molar-refractivity contribution in [3.8, 4) is 0 Å². The third-order valence-corrected chi connectivity index (χ3v) is 3.34. The lowest BCUT2D eigenvalue weighted by molar-refractivity contribution is 0.480. The largest absolute Gasteiger partial charge is 0.381 e. The van der Waals surface area contributed by atoms with Crippen molar-refractivity contribution in [1.29, 1.82) is 0 Å². The molecule has 1 unspecified atom stereocenters. The number of rotatable bonds is 2. The Balaban J connectivity index is 0.00000120. The van der Waals surface area contributed by atoms with E-state index in [0.29, 0.717) is 6.04 Å². The predicted molar refractivity (Wildman–Crippen MR) is 78.5 cm³/mol. The van der Waals surface area contributed by atoms with E-state index in [1.54, 1.807) is 0 Å². The summed E-state index contributed by atoms with van der Waals surface area (Å²) in [5, 5.41) is 9.51. The van der Waals surface area contributed by atoms with Gasteiger partial charge in [-0.25, -0.2) is 0 Å². The fourth-order valence-electron chi connectivity index (χ4n) is 2.44. The molecule has 1 saturated heterocycles. The first kappa shape index (κ1) is 13.1. The third kappa shape index (κ3) is 2.74. The van der Waals surface area contributed by atoms with Gasteiger partial charge in [-0.15, -0.1) is 12.4 Å². The number of hydrogen-bond donors (Lipinski definition) is 2. The summed E-state index contributed by atoms with van der Waals surface area (Å²) in [6, 6.07) is 8.96. The van der Waals surface area contributed by atoms with Gasteiger partial charge < -0.3 is 10.6 Å². The normalized spacial score (nSPS) is 19.2. The lowest BCUT2D eigenvalue weighted by atomic mass is 10.1. The van der Waals surface area contributed by atoms with E-state index in [4.69, 9.17) is 0 Å². The van der Waals surface area contributed by atoms with Gasteiger partial charge in [0.15, 0.2) is 0 Å². The van der Waals surface area contributed by atoms with Crippen LogP contribution in [0.4, 0.5) is 5.69 Å². The van der Waals surface area contributed by atoms with E-state index in [1.165, 1.54) is 29.3 Å². The molecule has 2 N–H and O–H groups in total. The number of anilines is 1. The maximum absolute atomic E-state index is 4.16. The van der Waals surface area contributed by atoms with E-state index in [2.05, 4.69) is 39.9 Å². The first-order chi connectivity index (χ1) is 8.43. The van der Waals surface area contributed by atoms with E-state index in [9.17, 15) is 0 Å². The van der Waals surface area contributed by atoms with E-state index >= 15 is 0 Å². The molecule has 4 heteroatoms. The van der Waals surface area contributed by atoms with Crippen LogP contribution in [0.5, 0.6) is 0 Å².